The summed E-state index contributed by atoms with van der Waals surface area (Å²) in [5, 5.41) is 32.0. The number of pyridine rings is 4. The Bertz CT molecular complexity index is 9120. The standard InChI is InChI=1S/2C62H40N4SSi2.2Pt/c1-5-20-44(21-6-1)68(45-22-7-2-8-23-45,49-34-35-50-51-29-13-15-31-54(51)65-40-39-64-61(65)53(50)42-49)48-28-17-19-43(41-48)66-55-36-37-57-59(52-30-14-16-32-56(52)67-57)60(55)69(46-24-9-3-10-25-46,47-26-11-4-12-27-47)58-33-18-38-63-62(58)66;1-5-20-44(21-6-1)68(45-22-7-2-8-23-45,49-34-35-50-51-29-13-15-31-55(51)65-40-39-64-61(65)54(50)42-49)48-28-17-19-43(41-48)66-56-37-36-53-52-30-14-16-32-57(52)67-59(53)60(56)69(46-24-9-3-10-25-46,47-26-11-4-12-27-47)58-33-18-38-63-62(58)66;;/h2*1-40H;;/q2*-2;2*+2. The van der Waals surface area contributed by atoms with E-state index in [4.69, 9.17) is 19.9 Å². The van der Waals surface area contributed by atoms with Gasteiger partial charge < -0.3 is 18.6 Å². The van der Waals surface area contributed by atoms with Crippen molar-refractivity contribution in [1.29, 1.82) is 0 Å². The van der Waals surface area contributed by atoms with Crippen molar-refractivity contribution in [3.05, 3.63) is 510 Å². The summed E-state index contributed by atoms with van der Waals surface area (Å²) in [4.78, 5) is 25.7. The van der Waals surface area contributed by atoms with Crippen molar-refractivity contribution >= 4 is 267 Å². The predicted molar refractivity (Wildman–Crippen MR) is 588 cm³/mol. The van der Waals surface area contributed by atoms with Gasteiger partial charge in [0.1, 0.15) is 27.8 Å². The summed E-state index contributed by atoms with van der Waals surface area (Å²) in [7, 11) is -12.6. The molecule has 0 unspecified atom stereocenters. The first kappa shape index (κ1) is 86.5. The van der Waals surface area contributed by atoms with E-state index in [1.165, 1.54) is 113 Å². The number of nitrogens with zero attached hydrogens (tertiary/aromatic N) is 8. The SMILES string of the molecule is [Pt+2].[Pt+2].[c-]1c(N2c3ccc4c(sc5ccccc54)c3[Si](c3ccccc3)(c3ccccc3)c3cccnc32)cccc1[Si](c1[c-]c2c(cc1)c1ccccc1n1ccnc21)(c1ccccc1)c1ccccc1.[c-]1c(N2c3ccc4sc5ccccc5c4c3[Si](c3ccccc3)(c3ccccc3)c3cccnc32)cccc1[Si](c1[c-]c2c(cc1)c1ccccc1n1ccnc21)(c1ccccc1)c1ccccc1. The van der Waals surface area contributed by atoms with Crippen LogP contribution in [0.1, 0.15) is 0 Å². The fraction of sp³-hybridized carbons (Fsp3) is 0. The van der Waals surface area contributed by atoms with Crippen molar-refractivity contribution in [3.63, 3.8) is 0 Å². The van der Waals surface area contributed by atoms with Gasteiger partial charge in [-0.3, -0.25) is 9.97 Å². The minimum Gasteiger partial charge on any atom is -0.340 e. The van der Waals surface area contributed by atoms with E-state index >= 15 is 0 Å². The molecule has 0 saturated heterocycles. The first-order valence-corrected chi connectivity index (χ1v) is 56.4. The minimum atomic E-state index is -3.22. The van der Waals surface area contributed by atoms with Crippen LogP contribution in [0.5, 0.6) is 0 Å². The molecule has 0 atom stereocenters. The largest absolute Gasteiger partial charge is 2.00 e. The molecule has 0 fully saturated rings. The van der Waals surface area contributed by atoms with Gasteiger partial charge >= 0.3 is 42.1 Å². The molecule has 0 spiro atoms. The summed E-state index contributed by atoms with van der Waals surface area (Å²) in [5.41, 5.74) is 8.24. The van der Waals surface area contributed by atoms with Gasteiger partial charge in [0.25, 0.3) is 0 Å². The second-order valence-corrected chi connectivity index (χ2v) is 52.7. The number of hydrogen-bond acceptors (Lipinski definition) is 8. The van der Waals surface area contributed by atoms with E-state index in [9.17, 15) is 0 Å². The molecular formula is C124H80N8Pt2S2Si4. The number of anilines is 6. The maximum Gasteiger partial charge on any atom is 2.00 e. The molecule has 26 aromatic rings. The summed E-state index contributed by atoms with van der Waals surface area (Å²) in [6, 6.07) is 183. The van der Waals surface area contributed by atoms with Crippen molar-refractivity contribution in [2.45, 2.75) is 0 Å². The average molecular weight is 2250 g/mol. The average Bonchev–Trinajstić information content (AvgIpc) is 1.15. The van der Waals surface area contributed by atoms with E-state index in [1.807, 2.05) is 47.5 Å². The minimum absolute atomic E-state index is 0. The zero-order valence-corrected chi connectivity index (χ0v) is 85.4. The topological polar surface area (TPSA) is 66.9 Å². The van der Waals surface area contributed by atoms with Crippen LogP contribution in [0.15, 0.2) is 486 Å². The van der Waals surface area contributed by atoms with Crippen LogP contribution in [-0.4, -0.2) is 61.0 Å². The quantitative estimate of drug-likeness (QED) is 0.0468. The van der Waals surface area contributed by atoms with E-state index in [0.29, 0.717) is 0 Å². The summed E-state index contributed by atoms with van der Waals surface area (Å²) in [5.74, 6) is 1.88. The molecule has 0 aliphatic carbocycles. The van der Waals surface area contributed by atoms with Gasteiger partial charge in [0.15, 0.2) is 16.1 Å². The Morgan fingerprint density at radius 1 is 0.250 bits per heavy atom. The van der Waals surface area contributed by atoms with Crippen LogP contribution < -0.4 is 92.8 Å². The second kappa shape index (κ2) is 35.1. The van der Waals surface area contributed by atoms with Crippen LogP contribution in [0, 0.1) is 24.3 Å². The van der Waals surface area contributed by atoms with E-state index in [1.54, 1.807) is 0 Å². The number of benzene rings is 18. The smallest absolute Gasteiger partial charge is 0.340 e. The third kappa shape index (κ3) is 13.0. The van der Waals surface area contributed by atoms with E-state index in [-0.39, 0.29) is 42.1 Å². The molecule has 0 amide bonds. The monoisotopic (exact) mass is 2250 g/mol. The molecular weight excluding hydrogens is 2170 g/mol. The van der Waals surface area contributed by atoms with E-state index < -0.39 is 32.3 Å². The predicted octanol–water partition coefficient (Wildman–Crippen LogP) is 19.1. The Morgan fingerprint density at radius 2 is 0.607 bits per heavy atom. The Morgan fingerprint density at radius 3 is 1.05 bits per heavy atom. The van der Waals surface area contributed by atoms with E-state index in [0.717, 1.165) is 99.0 Å². The van der Waals surface area contributed by atoms with Crippen LogP contribution in [0.4, 0.5) is 34.4 Å². The summed E-state index contributed by atoms with van der Waals surface area (Å²) >= 11 is 3.80. The van der Waals surface area contributed by atoms with Gasteiger partial charge in [-0.25, -0.2) is 9.97 Å². The maximum atomic E-state index is 5.44. The molecule has 0 N–H and O–H groups in total. The number of para-hydroxylation sites is 2. The summed E-state index contributed by atoms with van der Waals surface area (Å²) in [6.45, 7) is 0. The number of thiophene rings is 2. The summed E-state index contributed by atoms with van der Waals surface area (Å²) in [6.07, 6.45) is 11.9. The molecule has 28 rings (SSSR count). The Hall–Kier alpha value is -15.0. The normalized spacial score (nSPS) is 13.1. The van der Waals surface area contributed by atoms with E-state index in [2.05, 4.69) is 504 Å². The molecule has 8 nitrogen and oxygen atoms in total. The van der Waals surface area contributed by atoms with Gasteiger partial charge in [0.2, 0.25) is 0 Å². The van der Waals surface area contributed by atoms with Crippen molar-refractivity contribution in [2.24, 2.45) is 0 Å². The molecule has 10 heterocycles. The molecule has 2 aliphatic rings. The van der Waals surface area contributed by atoms with Crippen molar-refractivity contribution in [1.82, 2.24) is 28.7 Å². The molecule has 16 heteroatoms. The van der Waals surface area contributed by atoms with Crippen LogP contribution in [-0.2, 0) is 42.1 Å². The Balaban J connectivity index is 0.000000146. The van der Waals surface area contributed by atoms with Crippen LogP contribution >= 0.6 is 22.7 Å². The van der Waals surface area contributed by atoms with Crippen LogP contribution in [0.2, 0.25) is 0 Å². The third-order valence-corrected chi connectivity index (χ3v) is 50.3. The molecule has 0 bridgehead atoms. The molecule has 0 saturated carbocycles. The van der Waals surface area contributed by atoms with Crippen LogP contribution in [0.3, 0.4) is 0 Å². The zero-order valence-electron chi connectivity index (χ0n) is 75.2. The van der Waals surface area contributed by atoms with Crippen molar-refractivity contribution < 1.29 is 42.1 Å². The maximum absolute atomic E-state index is 5.44. The van der Waals surface area contributed by atoms with Gasteiger partial charge in [-0.2, -0.15) is 46.8 Å². The number of aromatic nitrogens is 6. The zero-order chi connectivity index (χ0) is 91.0. The second-order valence-electron chi connectivity index (χ2n) is 35.7. The third-order valence-electron chi connectivity index (χ3n) is 28.9. The Labute approximate surface area is 850 Å². The first-order valence-electron chi connectivity index (χ1n) is 46.8. The van der Waals surface area contributed by atoms with Crippen molar-refractivity contribution in [2.75, 3.05) is 9.80 Å². The number of fused-ring (bicyclic) bond motifs is 24. The van der Waals surface area contributed by atoms with Gasteiger partial charge in [-0.15, -0.1) is 92.4 Å². The first-order chi connectivity index (χ1) is 68.5. The molecule has 8 aromatic heterocycles. The molecule has 2 aliphatic heterocycles. The number of hydrogen-bond donors (Lipinski definition) is 0. The Kier molecular flexibility index (Phi) is 21.7. The van der Waals surface area contributed by atoms with Gasteiger partial charge in [-0.05, 0) is 128 Å². The van der Waals surface area contributed by atoms with Gasteiger partial charge in [0, 0.05) is 99.9 Å². The fourth-order valence-electron chi connectivity index (χ4n) is 23.4. The fourth-order valence-corrected chi connectivity index (χ4v) is 45.8. The number of rotatable bonds is 14. The number of imidazole rings is 2. The summed E-state index contributed by atoms with van der Waals surface area (Å²) < 4.78 is 9.60. The molecule has 140 heavy (non-hydrogen) atoms. The van der Waals surface area contributed by atoms with Gasteiger partial charge in [0.05, 0.1) is 11.3 Å². The van der Waals surface area contributed by atoms with Gasteiger partial charge in [-0.1, -0.05) is 356 Å². The van der Waals surface area contributed by atoms with Crippen molar-refractivity contribution in [3.8, 4) is 0 Å². The molecule has 18 aromatic carbocycles. The molecule has 664 valence electrons. The van der Waals surface area contributed by atoms with Crippen LogP contribution in [0.25, 0.3) is 95.0 Å². The molecule has 0 radical (unpaired) electrons.